The molecule has 0 radical (unpaired) electrons. The molecular weight excluding hydrogens is 338 g/mol. The van der Waals surface area contributed by atoms with Gasteiger partial charge in [-0.1, -0.05) is 36.2 Å². The average molecular weight is 360 g/mol. The van der Waals surface area contributed by atoms with Gasteiger partial charge in [0.05, 0.1) is 4.90 Å². The molecule has 1 aromatic rings. The van der Waals surface area contributed by atoms with Crippen LogP contribution in [0.25, 0.3) is 0 Å². The maximum atomic E-state index is 12.4. The molecule has 1 aliphatic rings. The van der Waals surface area contributed by atoms with Gasteiger partial charge in [0.1, 0.15) is 0 Å². The van der Waals surface area contributed by atoms with Crippen molar-refractivity contribution in [1.29, 1.82) is 0 Å². The van der Waals surface area contributed by atoms with E-state index in [-0.39, 0.29) is 11.5 Å². The lowest BCUT2D eigenvalue weighted by Gasteiger charge is -2.35. The van der Waals surface area contributed by atoms with E-state index in [2.05, 4.69) is 34.5 Å². The molecule has 1 N–H and O–H groups in total. The largest absolute Gasteiger partial charge is 0.240 e. The molecule has 2 rings (SSSR count). The van der Waals surface area contributed by atoms with Crippen molar-refractivity contribution < 1.29 is 8.42 Å². The van der Waals surface area contributed by atoms with Crippen LogP contribution in [0.5, 0.6) is 0 Å². The van der Waals surface area contributed by atoms with E-state index in [1.807, 2.05) is 6.92 Å². The second kappa shape index (κ2) is 5.78. The normalized spacial score (nSPS) is 22.7. The highest BCUT2D eigenvalue weighted by Crippen LogP contribution is 2.35. The minimum atomic E-state index is -3.42. The van der Waals surface area contributed by atoms with Gasteiger partial charge >= 0.3 is 0 Å². The molecule has 1 atom stereocenters. The lowest BCUT2D eigenvalue weighted by atomic mass is 9.75. The fraction of sp³-hybridized carbons (Fsp3) is 0.600. The molecule has 0 saturated heterocycles. The van der Waals surface area contributed by atoms with E-state index in [9.17, 15) is 8.42 Å². The van der Waals surface area contributed by atoms with Crippen LogP contribution in [0.3, 0.4) is 0 Å². The highest BCUT2D eigenvalue weighted by Gasteiger charge is 2.30. The van der Waals surface area contributed by atoms with E-state index in [0.717, 1.165) is 29.3 Å². The van der Waals surface area contributed by atoms with Crippen LogP contribution in [0.2, 0.25) is 0 Å². The number of hydrogen-bond acceptors (Lipinski definition) is 2. The van der Waals surface area contributed by atoms with Gasteiger partial charge in [0.15, 0.2) is 0 Å². The fourth-order valence-corrected chi connectivity index (χ4v) is 4.47. The van der Waals surface area contributed by atoms with Crippen molar-refractivity contribution >= 4 is 26.0 Å². The van der Waals surface area contributed by atoms with E-state index < -0.39 is 10.0 Å². The summed E-state index contributed by atoms with van der Waals surface area (Å²) in [6.07, 6.45) is 4.09. The van der Waals surface area contributed by atoms with Crippen LogP contribution in [-0.2, 0) is 10.0 Å². The molecule has 0 aromatic heterocycles. The lowest BCUT2D eigenvalue weighted by molar-refractivity contribution is 0.212. The lowest BCUT2D eigenvalue weighted by Crippen LogP contribution is -2.40. The van der Waals surface area contributed by atoms with Gasteiger partial charge in [-0.25, -0.2) is 13.1 Å². The Morgan fingerprint density at radius 3 is 2.65 bits per heavy atom. The molecule has 0 aliphatic heterocycles. The van der Waals surface area contributed by atoms with Gasteiger partial charge in [-0.3, -0.25) is 0 Å². The van der Waals surface area contributed by atoms with Gasteiger partial charge < -0.3 is 0 Å². The third-order valence-electron chi connectivity index (χ3n) is 3.97. The Bertz CT molecular complexity index is 596. The summed E-state index contributed by atoms with van der Waals surface area (Å²) in [7, 11) is -3.42. The minimum Gasteiger partial charge on any atom is -0.208 e. The molecule has 1 aliphatic carbocycles. The number of hydrogen-bond donors (Lipinski definition) is 1. The molecular formula is C15H22BrNO2S. The first-order chi connectivity index (χ1) is 9.20. The van der Waals surface area contributed by atoms with E-state index >= 15 is 0 Å². The van der Waals surface area contributed by atoms with Crippen LogP contribution in [0, 0.1) is 12.3 Å². The highest BCUT2D eigenvalue weighted by atomic mass is 79.9. The molecule has 0 spiro atoms. The van der Waals surface area contributed by atoms with Crippen molar-refractivity contribution in [3.05, 3.63) is 28.2 Å². The molecule has 112 valence electrons. The summed E-state index contributed by atoms with van der Waals surface area (Å²) in [5, 5.41) is 0. The van der Waals surface area contributed by atoms with Crippen molar-refractivity contribution in [1.82, 2.24) is 4.72 Å². The monoisotopic (exact) mass is 359 g/mol. The van der Waals surface area contributed by atoms with E-state index in [1.54, 1.807) is 18.2 Å². The third kappa shape index (κ3) is 3.83. The first-order valence-electron chi connectivity index (χ1n) is 6.98. The van der Waals surface area contributed by atoms with Crippen LogP contribution in [0.4, 0.5) is 0 Å². The molecule has 3 nitrogen and oxygen atoms in total. The van der Waals surface area contributed by atoms with Crippen LogP contribution in [-0.4, -0.2) is 14.5 Å². The summed E-state index contributed by atoms with van der Waals surface area (Å²) in [5.41, 5.74) is 1.15. The van der Waals surface area contributed by atoms with Gasteiger partial charge in [-0.2, -0.15) is 0 Å². The van der Waals surface area contributed by atoms with Gasteiger partial charge in [-0.15, -0.1) is 0 Å². The number of halogens is 1. The van der Waals surface area contributed by atoms with Crippen LogP contribution < -0.4 is 4.72 Å². The van der Waals surface area contributed by atoms with Gasteiger partial charge in [-0.05, 0) is 55.4 Å². The number of nitrogens with one attached hydrogen (secondary N) is 1. The van der Waals surface area contributed by atoms with Crippen molar-refractivity contribution in [2.75, 3.05) is 0 Å². The number of sulfonamides is 1. The SMILES string of the molecule is Cc1cc(S(=O)(=O)NC2CCCC(C)(C)C2)ccc1Br. The van der Waals surface area contributed by atoms with E-state index in [1.165, 1.54) is 6.42 Å². The Kier molecular flexibility index (Phi) is 4.62. The number of aryl methyl sites for hydroxylation is 1. The summed E-state index contributed by atoms with van der Waals surface area (Å²) >= 11 is 3.39. The Morgan fingerprint density at radius 2 is 2.05 bits per heavy atom. The van der Waals surface area contributed by atoms with E-state index in [4.69, 9.17) is 0 Å². The van der Waals surface area contributed by atoms with Crippen molar-refractivity contribution in [3.8, 4) is 0 Å². The molecule has 1 aromatic carbocycles. The highest BCUT2D eigenvalue weighted by molar-refractivity contribution is 9.10. The zero-order valence-corrected chi connectivity index (χ0v) is 14.6. The first-order valence-corrected chi connectivity index (χ1v) is 9.26. The molecule has 20 heavy (non-hydrogen) atoms. The Morgan fingerprint density at radius 1 is 1.35 bits per heavy atom. The second-order valence-corrected chi connectivity index (χ2v) is 9.06. The molecule has 1 fully saturated rings. The Labute approximate surface area is 130 Å². The third-order valence-corrected chi connectivity index (χ3v) is 6.37. The van der Waals surface area contributed by atoms with E-state index in [0.29, 0.717) is 4.90 Å². The first kappa shape index (κ1) is 16.0. The standard InChI is InChI=1S/C15H22BrNO2S/c1-11-9-13(6-7-14(11)16)20(18,19)17-12-5-4-8-15(2,3)10-12/h6-7,9,12,17H,4-5,8,10H2,1-3H3. The molecule has 0 heterocycles. The Balaban J connectivity index is 2.16. The predicted octanol–water partition coefficient (Wildman–Crippen LogP) is 4.00. The van der Waals surface area contributed by atoms with Gasteiger partial charge in [0.25, 0.3) is 0 Å². The number of rotatable bonds is 3. The summed E-state index contributed by atoms with van der Waals surface area (Å²) in [4.78, 5) is 0.349. The summed E-state index contributed by atoms with van der Waals surface area (Å²) in [6.45, 7) is 6.31. The smallest absolute Gasteiger partial charge is 0.208 e. The van der Waals surface area contributed by atoms with Gasteiger partial charge in [0, 0.05) is 10.5 Å². The quantitative estimate of drug-likeness (QED) is 0.886. The molecule has 0 amide bonds. The molecule has 1 saturated carbocycles. The molecule has 1 unspecified atom stereocenters. The molecule has 0 bridgehead atoms. The summed E-state index contributed by atoms with van der Waals surface area (Å²) in [5.74, 6) is 0. The maximum absolute atomic E-state index is 12.4. The summed E-state index contributed by atoms with van der Waals surface area (Å²) in [6, 6.07) is 5.19. The summed E-state index contributed by atoms with van der Waals surface area (Å²) < 4.78 is 28.7. The van der Waals surface area contributed by atoms with Crippen LogP contribution in [0.1, 0.15) is 45.1 Å². The number of benzene rings is 1. The second-order valence-electron chi connectivity index (χ2n) is 6.49. The van der Waals surface area contributed by atoms with Crippen LogP contribution in [0.15, 0.2) is 27.6 Å². The topological polar surface area (TPSA) is 46.2 Å². The predicted molar refractivity (Wildman–Crippen MR) is 85.2 cm³/mol. The van der Waals surface area contributed by atoms with Crippen molar-refractivity contribution in [2.24, 2.45) is 5.41 Å². The zero-order chi connectivity index (χ0) is 15.0. The molecule has 5 heteroatoms. The maximum Gasteiger partial charge on any atom is 0.240 e. The van der Waals surface area contributed by atoms with Crippen molar-refractivity contribution in [2.45, 2.75) is 57.4 Å². The van der Waals surface area contributed by atoms with Crippen LogP contribution >= 0.6 is 15.9 Å². The van der Waals surface area contributed by atoms with Crippen molar-refractivity contribution in [3.63, 3.8) is 0 Å². The minimum absolute atomic E-state index is 0.0488. The average Bonchev–Trinajstić information content (AvgIpc) is 2.30. The fourth-order valence-electron chi connectivity index (χ4n) is 2.87. The zero-order valence-electron chi connectivity index (χ0n) is 12.2. The van der Waals surface area contributed by atoms with Gasteiger partial charge in [0.2, 0.25) is 10.0 Å². The Hall–Kier alpha value is -0.390.